The largest absolute Gasteiger partial charge is 1.00 e. The van der Waals surface area contributed by atoms with E-state index in [0.717, 1.165) is 6.08 Å². The van der Waals surface area contributed by atoms with E-state index in [4.69, 9.17) is 14.4 Å². The van der Waals surface area contributed by atoms with Crippen molar-refractivity contribution in [3.63, 3.8) is 0 Å². The van der Waals surface area contributed by atoms with Gasteiger partial charge in [-0.25, -0.2) is 4.79 Å². The predicted molar refractivity (Wildman–Crippen MR) is 77.5 cm³/mol. The Bertz CT molecular complexity index is 481. The van der Waals surface area contributed by atoms with Crippen molar-refractivity contribution < 1.29 is 85.2 Å². The maximum atomic E-state index is 11.3. The molecule has 0 aliphatic carbocycles. The molecule has 0 aromatic heterocycles. The summed E-state index contributed by atoms with van der Waals surface area (Å²) in [4.78, 5) is 21.6. The molecule has 0 aliphatic rings. The third kappa shape index (κ3) is 10.1. The van der Waals surface area contributed by atoms with E-state index in [1.165, 1.54) is 13.8 Å². The first kappa shape index (κ1) is 24.5. The zero-order valence-corrected chi connectivity index (χ0v) is 17.1. The topological polar surface area (TPSA) is 118 Å². The second kappa shape index (κ2) is 11.7. The van der Waals surface area contributed by atoms with E-state index < -0.39 is 39.3 Å². The standard InChI is InChI=1S/C13H22O7S.K.H/c1-4-13(16)20-9(2)11(10(3)21(17,18)19)7-5-6-8-12(14)15;;/h4,9-11H,1,5-8H2,2-3H3,(H,14,15)(H,17,18,19);;/q;+1;-1. The van der Waals surface area contributed by atoms with Crippen molar-refractivity contribution in [3.8, 4) is 0 Å². The zero-order valence-electron chi connectivity index (χ0n) is 14.2. The Balaban J connectivity index is -0.00000200. The van der Waals surface area contributed by atoms with Crippen molar-refractivity contribution in [1.29, 1.82) is 0 Å². The van der Waals surface area contributed by atoms with Crippen molar-refractivity contribution in [2.75, 3.05) is 0 Å². The van der Waals surface area contributed by atoms with Crippen LogP contribution in [0, 0.1) is 5.92 Å². The molecule has 0 aliphatic heterocycles. The third-order valence-corrected chi connectivity index (χ3v) is 4.61. The van der Waals surface area contributed by atoms with E-state index >= 15 is 0 Å². The van der Waals surface area contributed by atoms with Crippen molar-refractivity contribution >= 4 is 22.1 Å². The first-order valence-electron chi connectivity index (χ1n) is 6.60. The zero-order chi connectivity index (χ0) is 16.6. The number of hydrogen-bond acceptors (Lipinski definition) is 5. The first-order valence-corrected chi connectivity index (χ1v) is 8.11. The number of esters is 1. The van der Waals surface area contributed by atoms with Gasteiger partial charge in [0.2, 0.25) is 0 Å². The predicted octanol–water partition coefficient (Wildman–Crippen LogP) is -1.24. The van der Waals surface area contributed by atoms with Gasteiger partial charge < -0.3 is 11.3 Å². The van der Waals surface area contributed by atoms with Crippen LogP contribution in [0.25, 0.3) is 0 Å². The van der Waals surface area contributed by atoms with E-state index in [2.05, 4.69) is 6.58 Å². The fourth-order valence-corrected chi connectivity index (χ4v) is 2.85. The van der Waals surface area contributed by atoms with Gasteiger partial charge in [-0.15, -0.1) is 0 Å². The molecular weight excluding hydrogens is 339 g/mol. The van der Waals surface area contributed by atoms with Gasteiger partial charge in [0.25, 0.3) is 10.1 Å². The average molecular weight is 362 g/mol. The number of hydrogen-bond donors (Lipinski definition) is 2. The molecule has 0 amide bonds. The van der Waals surface area contributed by atoms with Gasteiger partial charge in [0.1, 0.15) is 6.10 Å². The average Bonchev–Trinajstić information content (AvgIpc) is 2.36. The number of ether oxygens (including phenoxy) is 1. The third-order valence-electron chi connectivity index (χ3n) is 3.32. The quantitative estimate of drug-likeness (QED) is 0.164. The minimum atomic E-state index is -4.28. The number of carbonyl (C=O) groups excluding carboxylic acids is 1. The molecule has 0 heterocycles. The van der Waals surface area contributed by atoms with Crippen molar-refractivity contribution in [1.82, 2.24) is 0 Å². The smallest absolute Gasteiger partial charge is 1.00 e. The molecule has 0 fully saturated rings. The number of unbranched alkanes of at least 4 members (excludes halogenated alkanes) is 1. The van der Waals surface area contributed by atoms with E-state index in [-0.39, 0.29) is 59.2 Å². The number of carbonyl (C=O) groups is 2. The molecule has 0 aromatic rings. The van der Waals surface area contributed by atoms with Gasteiger partial charge in [0.15, 0.2) is 0 Å². The van der Waals surface area contributed by atoms with Crippen LogP contribution in [-0.4, -0.2) is 41.4 Å². The number of rotatable bonds is 10. The molecule has 0 saturated carbocycles. The van der Waals surface area contributed by atoms with Gasteiger partial charge in [0, 0.05) is 18.4 Å². The second-order valence-electron chi connectivity index (χ2n) is 4.87. The Hall–Kier alpha value is 0.226. The van der Waals surface area contributed by atoms with E-state index in [1.54, 1.807) is 0 Å². The summed E-state index contributed by atoms with van der Waals surface area (Å²) in [6.45, 7) is 6.12. The van der Waals surface area contributed by atoms with Crippen LogP contribution in [0.1, 0.15) is 41.0 Å². The van der Waals surface area contributed by atoms with Crippen molar-refractivity contribution in [2.45, 2.75) is 50.9 Å². The summed E-state index contributed by atoms with van der Waals surface area (Å²) in [7, 11) is -4.28. The Kier molecular flexibility index (Phi) is 13.0. The molecule has 0 bridgehead atoms. The van der Waals surface area contributed by atoms with E-state index in [1.807, 2.05) is 0 Å². The van der Waals surface area contributed by atoms with Crippen molar-refractivity contribution in [3.05, 3.63) is 12.7 Å². The van der Waals surface area contributed by atoms with Crippen LogP contribution in [0.4, 0.5) is 0 Å². The fourth-order valence-electron chi connectivity index (χ4n) is 2.05. The van der Waals surface area contributed by atoms with E-state index in [0.29, 0.717) is 19.3 Å². The Morgan fingerprint density at radius 1 is 1.32 bits per heavy atom. The van der Waals surface area contributed by atoms with Crippen molar-refractivity contribution in [2.24, 2.45) is 5.92 Å². The summed E-state index contributed by atoms with van der Waals surface area (Å²) in [5.74, 6) is -2.24. The van der Waals surface area contributed by atoms with Gasteiger partial charge in [-0.1, -0.05) is 13.0 Å². The maximum Gasteiger partial charge on any atom is 1.00 e. The van der Waals surface area contributed by atoms with Gasteiger partial charge in [-0.05, 0) is 26.7 Å². The van der Waals surface area contributed by atoms with Crippen LogP contribution in [0.2, 0.25) is 0 Å². The molecule has 124 valence electrons. The molecule has 2 N–H and O–H groups in total. The molecule has 9 heteroatoms. The molecule has 0 spiro atoms. The molecule has 0 aromatic carbocycles. The summed E-state index contributed by atoms with van der Waals surface area (Å²) in [5, 5.41) is 7.45. The number of carboxylic acids is 1. The Morgan fingerprint density at radius 2 is 1.86 bits per heavy atom. The Labute approximate surface area is 175 Å². The molecule has 3 unspecified atom stereocenters. The first-order chi connectivity index (χ1) is 9.59. The molecule has 0 saturated heterocycles. The summed E-state index contributed by atoms with van der Waals surface area (Å²) in [6.07, 6.45) is 1.36. The summed E-state index contributed by atoms with van der Waals surface area (Å²) in [6, 6.07) is 0. The van der Waals surface area contributed by atoms with Gasteiger partial charge in [-0.3, -0.25) is 9.35 Å². The van der Waals surface area contributed by atoms with Crippen LogP contribution in [-0.2, 0) is 24.4 Å². The summed E-state index contributed by atoms with van der Waals surface area (Å²) in [5.41, 5.74) is 0. The SMILES string of the molecule is C=CC(=O)OC(C)C(CCCCC(=O)O)C(C)S(=O)(=O)O.[H-].[K+]. The minimum Gasteiger partial charge on any atom is -1.00 e. The van der Waals surface area contributed by atoms with Crippen LogP contribution in [0.5, 0.6) is 0 Å². The molecule has 7 nitrogen and oxygen atoms in total. The normalized spacial score (nSPS) is 15.0. The summed E-state index contributed by atoms with van der Waals surface area (Å²) < 4.78 is 36.7. The maximum absolute atomic E-state index is 11.3. The summed E-state index contributed by atoms with van der Waals surface area (Å²) >= 11 is 0. The molecule has 0 radical (unpaired) electrons. The Morgan fingerprint density at radius 3 is 2.27 bits per heavy atom. The molecular formula is C13H23KO7S. The van der Waals surface area contributed by atoms with Crippen LogP contribution < -0.4 is 51.4 Å². The van der Waals surface area contributed by atoms with E-state index in [9.17, 15) is 18.0 Å². The minimum absolute atomic E-state index is 0. The van der Waals surface area contributed by atoms with Gasteiger partial charge >= 0.3 is 63.3 Å². The van der Waals surface area contributed by atoms with Gasteiger partial charge in [-0.2, -0.15) is 8.42 Å². The molecule has 22 heavy (non-hydrogen) atoms. The second-order valence-corrected chi connectivity index (χ2v) is 6.64. The molecule has 0 rings (SSSR count). The van der Waals surface area contributed by atoms with Gasteiger partial charge in [0.05, 0.1) is 5.25 Å². The number of aliphatic carboxylic acids is 1. The number of carboxylic acid groups (broad SMARTS) is 1. The fraction of sp³-hybridized carbons (Fsp3) is 0.692. The monoisotopic (exact) mass is 362 g/mol. The van der Waals surface area contributed by atoms with Crippen LogP contribution in [0.15, 0.2) is 12.7 Å². The molecule has 3 atom stereocenters. The van der Waals surface area contributed by atoms with Crippen LogP contribution >= 0.6 is 0 Å². The van der Waals surface area contributed by atoms with Crippen LogP contribution in [0.3, 0.4) is 0 Å².